The highest BCUT2D eigenvalue weighted by atomic mass is 32.2. The van der Waals surface area contributed by atoms with E-state index in [1.165, 1.54) is 0 Å². The maximum Gasteiger partial charge on any atom is 0.339 e. The summed E-state index contributed by atoms with van der Waals surface area (Å²) in [6.45, 7) is -0.0769. The molecule has 0 aliphatic carbocycles. The molecule has 0 radical (unpaired) electrons. The van der Waals surface area contributed by atoms with E-state index < -0.39 is 22.3 Å². The first-order valence-electron chi connectivity index (χ1n) is 7.47. The first kappa shape index (κ1) is 16.6. The summed E-state index contributed by atoms with van der Waals surface area (Å²) in [6.07, 6.45) is 0. The van der Waals surface area contributed by atoms with Crippen molar-refractivity contribution in [3.8, 4) is 0 Å². The van der Waals surface area contributed by atoms with Crippen molar-refractivity contribution in [2.24, 2.45) is 0 Å². The SMILES string of the molecule is O=C(OCc1ccccc1)C1COS(=O)(=O)N1Cc1ccccc1. The second kappa shape index (κ2) is 7.12. The van der Waals surface area contributed by atoms with E-state index in [4.69, 9.17) is 8.92 Å². The number of ether oxygens (including phenoxy) is 1. The molecule has 1 heterocycles. The van der Waals surface area contributed by atoms with Crippen LogP contribution in [0, 0.1) is 0 Å². The average Bonchev–Trinajstić information content (AvgIpc) is 2.89. The second-order valence-electron chi connectivity index (χ2n) is 5.38. The minimum absolute atomic E-state index is 0.0638. The van der Waals surface area contributed by atoms with Gasteiger partial charge >= 0.3 is 16.3 Å². The number of esters is 1. The highest BCUT2D eigenvalue weighted by molar-refractivity contribution is 7.84. The molecule has 1 saturated heterocycles. The molecule has 2 aromatic carbocycles. The zero-order valence-corrected chi connectivity index (χ0v) is 13.7. The number of carbonyl (C=O) groups excluding carboxylic acids is 1. The van der Waals surface area contributed by atoms with Crippen molar-refractivity contribution < 1.29 is 22.1 Å². The lowest BCUT2D eigenvalue weighted by Crippen LogP contribution is -2.40. The fourth-order valence-electron chi connectivity index (χ4n) is 2.42. The van der Waals surface area contributed by atoms with E-state index in [2.05, 4.69) is 0 Å². The van der Waals surface area contributed by atoms with Crippen molar-refractivity contribution in [1.82, 2.24) is 4.31 Å². The Hall–Kier alpha value is -2.22. The molecule has 6 nitrogen and oxygen atoms in total. The first-order valence-corrected chi connectivity index (χ1v) is 8.83. The van der Waals surface area contributed by atoms with Gasteiger partial charge < -0.3 is 4.74 Å². The zero-order chi connectivity index (χ0) is 17.0. The lowest BCUT2D eigenvalue weighted by molar-refractivity contribution is -0.149. The zero-order valence-electron chi connectivity index (χ0n) is 12.9. The van der Waals surface area contributed by atoms with Crippen molar-refractivity contribution in [3.63, 3.8) is 0 Å². The lowest BCUT2D eigenvalue weighted by Gasteiger charge is -2.19. The Morgan fingerprint density at radius 2 is 1.62 bits per heavy atom. The van der Waals surface area contributed by atoms with Crippen molar-refractivity contribution >= 4 is 16.3 Å². The van der Waals surface area contributed by atoms with Crippen LogP contribution in [0.2, 0.25) is 0 Å². The van der Waals surface area contributed by atoms with E-state index in [-0.39, 0.29) is 19.8 Å². The Kier molecular flexibility index (Phi) is 4.94. The first-order chi connectivity index (χ1) is 11.6. The molecule has 2 aromatic rings. The van der Waals surface area contributed by atoms with Crippen molar-refractivity contribution in [2.45, 2.75) is 19.2 Å². The van der Waals surface area contributed by atoms with Crippen LogP contribution in [0.1, 0.15) is 11.1 Å². The Morgan fingerprint density at radius 1 is 1.04 bits per heavy atom. The molecule has 1 aliphatic heterocycles. The van der Waals surface area contributed by atoms with Gasteiger partial charge in [-0.2, -0.15) is 12.7 Å². The molecule has 24 heavy (non-hydrogen) atoms. The quantitative estimate of drug-likeness (QED) is 0.772. The summed E-state index contributed by atoms with van der Waals surface area (Å²) in [5.74, 6) is -0.615. The Labute approximate surface area is 140 Å². The molecule has 1 atom stereocenters. The van der Waals surface area contributed by atoms with E-state index in [9.17, 15) is 13.2 Å². The van der Waals surface area contributed by atoms with Crippen LogP contribution >= 0.6 is 0 Å². The molecule has 0 N–H and O–H groups in total. The van der Waals surface area contributed by atoms with Gasteiger partial charge in [-0.05, 0) is 11.1 Å². The molecule has 126 valence electrons. The monoisotopic (exact) mass is 347 g/mol. The third kappa shape index (κ3) is 3.81. The van der Waals surface area contributed by atoms with Gasteiger partial charge in [0.25, 0.3) is 0 Å². The largest absolute Gasteiger partial charge is 0.460 e. The Balaban J connectivity index is 1.70. The van der Waals surface area contributed by atoms with Crippen LogP contribution in [0.15, 0.2) is 60.7 Å². The molecule has 0 aromatic heterocycles. The summed E-state index contributed by atoms with van der Waals surface area (Å²) in [7, 11) is -3.93. The van der Waals surface area contributed by atoms with Crippen molar-refractivity contribution in [1.29, 1.82) is 0 Å². The number of benzene rings is 2. The van der Waals surface area contributed by atoms with Gasteiger partial charge in [-0.3, -0.25) is 8.98 Å². The third-order valence-corrected chi connectivity index (χ3v) is 5.08. The van der Waals surface area contributed by atoms with Gasteiger partial charge in [0.15, 0.2) is 0 Å². The molecule has 0 bridgehead atoms. The standard InChI is InChI=1S/C17H17NO5S/c19-17(22-12-15-9-5-2-6-10-15)16-13-23-24(20,21)18(16)11-14-7-3-1-4-8-14/h1-10,16H,11-13H2. The minimum atomic E-state index is -3.93. The van der Waals surface area contributed by atoms with Crippen molar-refractivity contribution in [2.75, 3.05) is 6.61 Å². The molecule has 0 amide bonds. The number of nitrogens with zero attached hydrogens (tertiary/aromatic N) is 1. The van der Waals surface area contributed by atoms with Crippen molar-refractivity contribution in [3.05, 3.63) is 71.8 Å². The molecular formula is C17H17NO5S. The number of rotatable bonds is 5. The highest BCUT2D eigenvalue weighted by Gasteiger charge is 2.43. The number of carbonyl (C=O) groups is 1. The second-order valence-corrected chi connectivity index (χ2v) is 6.94. The van der Waals surface area contributed by atoms with Crippen LogP contribution in [0.25, 0.3) is 0 Å². The fourth-order valence-corrected chi connectivity index (χ4v) is 3.62. The van der Waals surface area contributed by atoms with Crippen LogP contribution in [0.3, 0.4) is 0 Å². The summed E-state index contributed by atoms with van der Waals surface area (Å²) in [5, 5.41) is 0. The summed E-state index contributed by atoms with van der Waals surface area (Å²) in [6, 6.07) is 17.3. The van der Waals surface area contributed by atoms with Crippen LogP contribution in [0.4, 0.5) is 0 Å². The van der Waals surface area contributed by atoms with E-state index in [1.54, 1.807) is 12.1 Å². The molecule has 1 fully saturated rings. The summed E-state index contributed by atoms with van der Waals surface area (Å²) < 4.78 is 35.2. The van der Waals surface area contributed by atoms with Crippen LogP contribution < -0.4 is 0 Å². The Bertz CT molecular complexity index is 792. The molecule has 7 heteroatoms. The lowest BCUT2D eigenvalue weighted by atomic mass is 10.2. The molecule has 1 unspecified atom stereocenters. The van der Waals surface area contributed by atoms with Gasteiger partial charge in [-0.15, -0.1) is 0 Å². The van der Waals surface area contributed by atoms with E-state index in [0.29, 0.717) is 0 Å². The van der Waals surface area contributed by atoms with Gasteiger partial charge in [0.05, 0.1) is 6.61 Å². The van der Waals surface area contributed by atoms with Gasteiger partial charge in [0.1, 0.15) is 12.6 Å². The predicted octanol–water partition coefficient (Wildman–Crippen LogP) is 1.88. The van der Waals surface area contributed by atoms with Gasteiger partial charge in [-0.1, -0.05) is 60.7 Å². The predicted molar refractivity (Wildman–Crippen MR) is 86.9 cm³/mol. The van der Waals surface area contributed by atoms with Gasteiger partial charge in [0, 0.05) is 6.54 Å². The van der Waals surface area contributed by atoms with E-state index >= 15 is 0 Å². The molecule has 3 rings (SSSR count). The van der Waals surface area contributed by atoms with E-state index in [0.717, 1.165) is 15.4 Å². The van der Waals surface area contributed by atoms with Crippen LogP contribution in [0.5, 0.6) is 0 Å². The molecule has 0 saturated carbocycles. The fraction of sp³-hybridized carbons (Fsp3) is 0.235. The number of hydrogen-bond donors (Lipinski definition) is 0. The molecule has 1 aliphatic rings. The van der Waals surface area contributed by atoms with Gasteiger partial charge in [0.2, 0.25) is 0 Å². The number of hydrogen-bond acceptors (Lipinski definition) is 5. The maximum atomic E-state index is 12.3. The Morgan fingerprint density at radius 3 is 2.25 bits per heavy atom. The smallest absolute Gasteiger partial charge is 0.339 e. The van der Waals surface area contributed by atoms with Gasteiger partial charge in [-0.25, -0.2) is 0 Å². The molecular weight excluding hydrogens is 330 g/mol. The minimum Gasteiger partial charge on any atom is -0.460 e. The third-order valence-electron chi connectivity index (χ3n) is 3.69. The average molecular weight is 347 g/mol. The maximum absolute atomic E-state index is 12.3. The van der Waals surface area contributed by atoms with E-state index in [1.807, 2.05) is 48.5 Å². The summed E-state index contributed by atoms with van der Waals surface area (Å²) in [5.41, 5.74) is 1.61. The normalized spacial score (nSPS) is 19.9. The molecule has 0 spiro atoms. The summed E-state index contributed by atoms with van der Waals surface area (Å²) in [4.78, 5) is 12.3. The summed E-state index contributed by atoms with van der Waals surface area (Å²) >= 11 is 0. The van der Waals surface area contributed by atoms with Crippen LogP contribution in [-0.4, -0.2) is 31.3 Å². The topological polar surface area (TPSA) is 72.9 Å². The van der Waals surface area contributed by atoms with Crippen LogP contribution in [-0.2, 0) is 37.2 Å². The highest BCUT2D eigenvalue weighted by Crippen LogP contribution is 2.23.